The summed E-state index contributed by atoms with van der Waals surface area (Å²) in [4.78, 5) is 15.7. The fourth-order valence-corrected chi connectivity index (χ4v) is 1.48. The van der Waals surface area contributed by atoms with E-state index in [0.717, 1.165) is 0 Å². The molecule has 0 saturated carbocycles. The highest BCUT2D eigenvalue weighted by atomic mass is 79.9. The Balaban J connectivity index is 1.83. The molecule has 0 aromatic carbocycles. The lowest BCUT2D eigenvalue weighted by Crippen LogP contribution is -2.27. The van der Waals surface area contributed by atoms with Gasteiger partial charge < -0.3 is 5.32 Å². The summed E-state index contributed by atoms with van der Waals surface area (Å²) in [6.45, 7) is 1.09. The Labute approximate surface area is 106 Å². The molecule has 1 N–H and O–H groups in total. The minimum Gasteiger partial charge on any atom is -0.350 e. The summed E-state index contributed by atoms with van der Waals surface area (Å²) in [6, 6.07) is 3.44. The molecule has 2 aromatic rings. The van der Waals surface area contributed by atoms with Crippen molar-refractivity contribution in [3.8, 4) is 0 Å². The van der Waals surface area contributed by atoms with Gasteiger partial charge in [-0.2, -0.15) is 0 Å². The maximum absolute atomic E-state index is 11.7. The fraction of sp³-hybridized carbons (Fsp3) is 0.200. The molecule has 0 unspecified atom stereocenters. The Hall–Kier alpha value is -1.76. The number of aromatic nitrogens is 4. The quantitative estimate of drug-likeness (QED) is 0.850. The number of hydrogen-bond acceptors (Lipinski definition) is 4. The first kappa shape index (κ1) is 11.7. The molecule has 0 bridgehead atoms. The van der Waals surface area contributed by atoms with Crippen molar-refractivity contribution in [2.24, 2.45) is 0 Å². The molecule has 0 spiro atoms. The predicted octanol–water partition coefficient (Wildman–Crippen LogP) is 0.866. The van der Waals surface area contributed by atoms with Crippen molar-refractivity contribution in [1.82, 2.24) is 25.3 Å². The highest BCUT2D eigenvalue weighted by Gasteiger charge is 2.04. The van der Waals surface area contributed by atoms with Crippen LogP contribution in [0.4, 0.5) is 0 Å². The van der Waals surface area contributed by atoms with E-state index >= 15 is 0 Å². The third-order valence-electron chi connectivity index (χ3n) is 2.09. The second-order valence-corrected chi connectivity index (χ2v) is 4.10. The van der Waals surface area contributed by atoms with Gasteiger partial charge in [0.05, 0.1) is 18.3 Å². The van der Waals surface area contributed by atoms with Gasteiger partial charge in [-0.25, -0.2) is 4.98 Å². The first-order valence-corrected chi connectivity index (χ1v) is 5.79. The average Bonchev–Trinajstić information content (AvgIpc) is 2.83. The summed E-state index contributed by atoms with van der Waals surface area (Å²) >= 11 is 3.21. The van der Waals surface area contributed by atoms with Gasteiger partial charge in [-0.1, -0.05) is 5.21 Å². The van der Waals surface area contributed by atoms with E-state index in [9.17, 15) is 4.79 Å². The Morgan fingerprint density at radius 1 is 1.47 bits per heavy atom. The van der Waals surface area contributed by atoms with Crippen molar-refractivity contribution < 1.29 is 4.79 Å². The summed E-state index contributed by atoms with van der Waals surface area (Å²) in [7, 11) is 0. The molecule has 2 aromatic heterocycles. The van der Waals surface area contributed by atoms with Gasteiger partial charge in [-0.3, -0.25) is 9.48 Å². The smallest absolute Gasteiger partial charge is 0.252 e. The number of nitrogens with zero attached hydrogens (tertiary/aromatic N) is 4. The van der Waals surface area contributed by atoms with Gasteiger partial charge in [0.25, 0.3) is 5.91 Å². The predicted molar refractivity (Wildman–Crippen MR) is 64.3 cm³/mol. The molecular weight excluding hydrogens is 286 g/mol. The lowest BCUT2D eigenvalue weighted by Gasteiger charge is -2.04. The van der Waals surface area contributed by atoms with Crippen LogP contribution in [0.15, 0.2) is 35.3 Å². The maximum Gasteiger partial charge on any atom is 0.252 e. The number of pyridine rings is 1. The number of carbonyl (C=O) groups is 1. The number of rotatable bonds is 4. The zero-order valence-electron chi connectivity index (χ0n) is 8.88. The van der Waals surface area contributed by atoms with Crippen LogP contribution in [0.2, 0.25) is 0 Å². The summed E-state index contributed by atoms with van der Waals surface area (Å²) in [6.07, 6.45) is 4.86. The third-order valence-corrected chi connectivity index (χ3v) is 2.56. The van der Waals surface area contributed by atoms with Crippen molar-refractivity contribution in [3.63, 3.8) is 0 Å². The van der Waals surface area contributed by atoms with Gasteiger partial charge in [-0.15, -0.1) is 5.10 Å². The van der Waals surface area contributed by atoms with Crippen LogP contribution in [0.25, 0.3) is 0 Å². The zero-order chi connectivity index (χ0) is 12.1. The molecule has 2 heterocycles. The molecule has 1 amide bonds. The van der Waals surface area contributed by atoms with Gasteiger partial charge in [0.2, 0.25) is 0 Å². The Morgan fingerprint density at radius 2 is 2.35 bits per heavy atom. The van der Waals surface area contributed by atoms with Crippen LogP contribution in [0.3, 0.4) is 0 Å². The van der Waals surface area contributed by atoms with Crippen LogP contribution < -0.4 is 5.32 Å². The molecule has 0 atom stereocenters. The molecule has 88 valence electrons. The molecule has 0 aliphatic carbocycles. The zero-order valence-corrected chi connectivity index (χ0v) is 10.5. The summed E-state index contributed by atoms with van der Waals surface area (Å²) < 4.78 is 2.36. The summed E-state index contributed by atoms with van der Waals surface area (Å²) in [5.74, 6) is -0.148. The Kier molecular flexibility index (Phi) is 3.81. The van der Waals surface area contributed by atoms with Crippen LogP contribution in [0, 0.1) is 0 Å². The molecule has 0 saturated heterocycles. The monoisotopic (exact) mass is 295 g/mol. The van der Waals surface area contributed by atoms with Crippen LogP contribution in [0.5, 0.6) is 0 Å². The maximum atomic E-state index is 11.7. The largest absolute Gasteiger partial charge is 0.350 e. The Bertz CT molecular complexity index is 482. The molecule has 2 rings (SSSR count). The topological polar surface area (TPSA) is 72.7 Å². The van der Waals surface area contributed by atoms with E-state index < -0.39 is 0 Å². The van der Waals surface area contributed by atoms with Crippen molar-refractivity contribution in [2.75, 3.05) is 6.54 Å². The van der Waals surface area contributed by atoms with E-state index in [4.69, 9.17) is 0 Å². The van der Waals surface area contributed by atoms with E-state index in [-0.39, 0.29) is 5.91 Å². The second-order valence-electron chi connectivity index (χ2n) is 3.29. The SMILES string of the molecule is O=C(NCCn1ccnn1)c1ccc(Br)nc1. The molecule has 0 fully saturated rings. The van der Waals surface area contributed by atoms with Crippen molar-refractivity contribution >= 4 is 21.8 Å². The number of carbonyl (C=O) groups excluding carboxylic acids is 1. The lowest BCUT2D eigenvalue weighted by molar-refractivity contribution is 0.0951. The van der Waals surface area contributed by atoms with Gasteiger partial charge in [0, 0.05) is 18.9 Å². The van der Waals surface area contributed by atoms with Crippen LogP contribution in [-0.2, 0) is 6.54 Å². The molecule has 7 heteroatoms. The minimum absolute atomic E-state index is 0.148. The average molecular weight is 296 g/mol. The normalized spacial score (nSPS) is 10.2. The Morgan fingerprint density at radius 3 is 3.00 bits per heavy atom. The van der Waals surface area contributed by atoms with E-state index in [1.54, 1.807) is 29.2 Å². The van der Waals surface area contributed by atoms with E-state index in [2.05, 4.69) is 36.5 Å². The van der Waals surface area contributed by atoms with E-state index in [1.807, 2.05) is 0 Å². The number of hydrogen-bond donors (Lipinski definition) is 1. The molecule has 0 radical (unpaired) electrons. The molecule has 0 aliphatic heterocycles. The van der Waals surface area contributed by atoms with Crippen molar-refractivity contribution in [1.29, 1.82) is 0 Å². The molecule has 6 nitrogen and oxygen atoms in total. The minimum atomic E-state index is -0.148. The lowest BCUT2D eigenvalue weighted by atomic mass is 10.3. The van der Waals surface area contributed by atoms with E-state index in [0.29, 0.717) is 23.3 Å². The molecular formula is C10H10BrN5O. The van der Waals surface area contributed by atoms with Gasteiger partial charge in [-0.05, 0) is 28.1 Å². The molecule has 17 heavy (non-hydrogen) atoms. The van der Waals surface area contributed by atoms with E-state index in [1.165, 1.54) is 6.20 Å². The van der Waals surface area contributed by atoms with Crippen LogP contribution in [-0.4, -0.2) is 32.4 Å². The van der Waals surface area contributed by atoms with Crippen molar-refractivity contribution in [3.05, 3.63) is 40.9 Å². The molecule has 0 aliphatic rings. The highest BCUT2D eigenvalue weighted by Crippen LogP contribution is 2.05. The second kappa shape index (κ2) is 5.53. The number of nitrogens with one attached hydrogen (secondary N) is 1. The standard InChI is InChI=1S/C10H10BrN5O/c11-9-2-1-8(7-13-9)10(17)12-3-5-16-6-4-14-15-16/h1-2,4,6-7H,3,5H2,(H,12,17). The van der Waals surface area contributed by atoms with Gasteiger partial charge in [0.1, 0.15) is 4.60 Å². The highest BCUT2D eigenvalue weighted by molar-refractivity contribution is 9.10. The summed E-state index contributed by atoms with van der Waals surface area (Å²) in [5, 5.41) is 10.2. The van der Waals surface area contributed by atoms with Crippen LogP contribution in [0.1, 0.15) is 10.4 Å². The number of amides is 1. The van der Waals surface area contributed by atoms with Crippen molar-refractivity contribution in [2.45, 2.75) is 6.54 Å². The first-order valence-electron chi connectivity index (χ1n) is 4.99. The fourth-order valence-electron chi connectivity index (χ4n) is 1.25. The number of halogens is 1. The van der Waals surface area contributed by atoms with Crippen LogP contribution >= 0.6 is 15.9 Å². The first-order chi connectivity index (χ1) is 8.25. The third kappa shape index (κ3) is 3.35. The van der Waals surface area contributed by atoms with Gasteiger partial charge in [0.15, 0.2) is 0 Å². The summed E-state index contributed by atoms with van der Waals surface area (Å²) in [5.41, 5.74) is 0.534. The van der Waals surface area contributed by atoms with Gasteiger partial charge >= 0.3 is 0 Å².